The lowest BCUT2D eigenvalue weighted by Gasteiger charge is -1.97. The van der Waals surface area contributed by atoms with Gasteiger partial charge in [0.1, 0.15) is 5.82 Å². The molecule has 2 N–H and O–H groups in total. The molecule has 3 rings (SSSR count). The molecule has 0 saturated heterocycles. The zero-order valence-corrected chi connectivity index (χ0v) is 11.8. The normalized spacial score (nSPS) is 11.0. The lowest BCUT2D eigenvalue weighted by atomic mass is 10.4. The zero-order valence-electron chi connectivity index (χ0n) is 9.42. The summed E-state index contributed by atoms with van der Waals surface area (Å²) in [5, 5.41) is 5.22. The Labute approximate surface area is 115 Å². The van der Waals surface area contributed by atoms with Gasteiger partial charge in [0, 0.05) is 4.47 Å². The topological polar surface area (TPSA) is 65.4 Å². The Bertz CT molecular complexity index is 721. The summed E-state index contributed by atoms with van der Waals surface area (Å²) < 4.78 is 7.66. The number of aromatic nitrogens is 3. The molecule has 0 amide bonds. The SMILES string of the molecule is COc1ccc(-c2nc3cc(Br)cc(N)n3n2)s1. The van der Waals surface area contributed by atoms with E-state index in [-0.39, 0.29) is 0 Å². The van der Waals surface area contributed by atoms with Crippen LogP contribution in [0.5, 0.6) is 5.06 Å². The van der Waals surface area contributed by atoms with Gasteiger partial charge in [0.25, 0.3) is 0 Å². The van der Waals surface area contributed by atoms with Crippen LogP contribution >= 0.6 is 27.3 Å². The average molecular weight is 325 g/mol. The van der Waals surface area contributed by atoms with Gasteiger partial charge in [0.2, 0.25) is 0 Å². The van der Waals surface area contributed by atoms with Crippen LogP contribution in [-0.4, -0.2) is 21.7 Å². The molecule has 3 heterocycles. The molecule has 0 fully saturated rings. The standard InChI is InChI=1S/C11H9BrN4OS/c1-17-10-3-2-7(18-10)11-14-9-5-6(12)4-8(13)16(9)15-11/h2-5H,13H2,1H3. The van der Waals surface area contributed by atoms with E-state index >= 15 is 0 Å². The predicted octanol–water partition coefficient (Wildman–Crippen LogP) is 2.81. The monoisotopic (exact) mass is 324 g/mol. The van der Waals surface area contributed by atoms with Crippen molar-refractivity contribution in [3.63, 3.8) is 0 Å². The molecule has 0 bridgehead atoms. The molecular weight excluding hydrogens is 316 g/mol. The average Bonchev–Trinajstić information content (AvgIpc) is 2.93. The molecule has 0 spiro atoms. The Morgan fingerprint density at radius 2 is 2.22 bits per heavy atom. The Hall–Kier alpha value is -1.60. The Morgan fingerprint density at radius 1 is 1.39 bits per heavy atom. The summed E-state index contributed by atoms with van der Waals surface area (Å²) in [7, 11) is 1.64. The van der Waals surface area contributed by atoms with Crippen LogP contribution in [-0.2, 0) is 0 Å². The van der Waals surface area contributed by atoms with Crippen molar-refractivity contribution in [3.05, 3.63) is 28.7 Å². The molecule has 3 aromatic heterocycles. The fraction of sp³-hybridized carbons (Fsp3) is 0.0909. The molecule has 0 radical (unpaired) electrons. The highest BCUT2D eigenvalue weighted by molar-refractivity contribution is 9.10. The van der Waals surface area contributed by atoms with Crippen molar-refractivity contribution in [2.45, 2.75) is 0 Å². The summed E-state index contributed by atoms with van der Waals surface area (Å²) >= 11 is 4.88. The summed E-state index contributed by atoms with van der Waals surface area (Å²) in [5.74, 6) is 1.19. The van der Waals surface area contributed by atoms with Crippen LogP contribution in [0, 0.1) is 0 Å². The van der Waals surface area contributed by atoms with E-state index in [1.165, 1.54) is 11.3 Å². The van der Waals surface area contributed by atoms with E-state index < -0.39 is 0 Å². The number of nitrogens with zero attached hydrogens (tertiary/aromatic N) is 3. The number of hydrogen-bond donors (Lipinski definition) is 1. The molecule has 0 aliphatic heterocycles. The smallest absolute Gasteiger partial charge is 0.192 e. The number of fused-ring (bicyclic) bond motifs is 1. The molecular formula is C11H9BrN4OS. The maximum atomic E-state index is 5.89. The fourth-order valence-corrected chi connectivity index (χ4v) is 2.82. The Kier molecular flexibility index (Phi) is 2.71. The highest BCUT2D eigenvalue weighted by Gasteiger charge is 2.11. The van der Waals surface area contributed by atoms with Gasteiger partial charge in [-0.05, 0) is 24.3 Å². The van der Waals surface area contributed by atoms with Crippen LogP contribution in [0.3, 0.4) is 0 Å². The van der Waals surface area contributed by atoms with Crippen LogP contribution in [0.15, 0.2) is 28.7 Å². The molecule has 0 aromatic carbocycles. The zero-order chi connectivity index (χ0) is 12.7. The van der Waals surface area contributed by atoms with E-state index in [0.29, 0.717) is 17.3 Å². The van der Waals surface area contributed by atoms with Gasteiger partial charge in [0.15, 0.2) is 16.5 Å². The number of hydrogen-bond acceptors (Lipinski definition) is 5. The maximum Gasteiger partial charge on any atom is 0.192 e. The fourth-order valence-electron chi connectivity index (χ4n) is 1.63. The van der Waals surface area contributed by atoms with Gasteiger partial charge < -0.3 is 10.5 Å². The predicted molar refractivity (Wildman–Crippen MR) is 75.0 cm³/mol. The molecule has 0 atom stereocenters. The van der Waals surface area contributed by atoms with Gasteiger partial charge >= 0.3 is 0 Å². The maximum absolute atomic E-state index is 5.89. The highest BCUT2D eigenvalue weighted by atomic mass is 79.9. The van der Waals surface area contributed by atoms with Crippen LogP contribution in [0.1, 0.15) is 0 Å². The second kappa shape index (κ2) is 4.25. The van der Waals surface area contributed by atoms with Crippen molar-refractivity contribution < 1.29 is 4.74 Å². The van der Waals surface area contributed by atoms with Gasteiger partial charge in [0.05, 0.1) is 12.0 Å². The molecule has 0 unspecified atom stereocenters. The van der Waals surface area contributed by atoms with Crippen molar-refractivity contribution in [2.75, 3.05) is 12.8 Å². The number of pyridine rings is 1. The minimum atomic E-state index is 0.543. The van der Waals surface area contributed by atoms with Gasteiger partial charge in [-0.3, -0.25) is 0 Å². The van der Waals surface area contributed by atoms with E-state index in [1.54, 1.807) is 17.7 Å². The highest BCUT2D eigenvalue weighted by Crippen LogP contribution is 2.31. The second-order valence-corrected chi connectivity index (χ2v) is 5.59. The summed E-state index contributed by atoms with van der Waals surface area (Å²) in [6.07, 6.45) is 0. The Balaban J connectivity index is 2.16. The quantitative estimate of drug-likeness (QED) is 0.787. The van der Waals surface area contributed by atoms with E-state index in [4.69, 9.17) is 10.5 Å². The number of rotatable bonds is 2. The van der Waals surface area contributed by atoms with Gasteiger partial charge in [-0.2, -0.15) is 4.52 Å². The van der Waals surface area contributed by atoms with Gasteiger partial charge in [-0.15, -0.1) is 5.10 Å². The Morgan fingerprint density at radius 3 is 2.94 bits per heavy atom. The number of ether oxygens (including phenoxy) is 1. The number of halogens is 1. The minimum Gasteiger partial charge on any atom is -0.487 e. The first-order chi connectivity index (χ1) is 8.67. The van der Waals surface area contributed by atoms with Crippen LogP contribution < -0.4 is 10.5 Å². The number of nitrogen functional groups attached to an aromatic ring is 1. The van der Waals surface area contributed by atoms with Crippen LogP contribution in [0.4, 0.5) is 5.82 Å². The molecule has 7 heteroatoms. The lowest BCUT2D eigenvalue weighted by Crippen LogP contribution is -1.97. The van der Waals surface area contributed by atoms with Gasteiger partial charge in [-0.25, -0.2) is 4.98 Å². The van der Waals surface area contributed by atoms with E-state index in [0.717, 1.165) is 14.4 Å². The third-order valence-electron chi connectivity index (χ3n) is 2.43. The minimum absolute atomic E-state index is 0.543. The van der Waals surface area contributed by atoms with Crippen molar-refractivity contribution in [1.29, 1.82) is 0 Å². The third-order valence-corrected chi connectivity index (χ3v) is 3.93. The molecule has 18 heavy (non-hydrogen) atoms. The summed E-state index contributed by atoms with van der Waals surface area (Å²) in [4.78, 5) is 5.40. The largest absolute Gasteiger partial charge is 0.487 e. The first-order valence-electron chi connectivity index (χ1n) is 5.13. The van der Waals surface area contributed by atoms with Crippen LogP contribution in [0.2, 0.25) is 0 Å². The second-order valence-electron chi connectivity index (χ2n) is 3.63. The lowest BCUT2D eigenvalue weighted by molar-refractivity contribution is 0.427. The van der Waals surface area contributed by atoms with Gasteiger partial charge in [-0.1, -0.05) is 27.3 Å². The number of nitrogens with two attached hydrogens (primary N) is 1. The molecule has 0 aliphatic rings. The molecule has 0 saturated carbocycles. The number of anilines is 1. The van der Waals surface area contributed by atoms with Crippen molar-refractivity contribution in [3.8, 4) is 15.8 Å². The number of thiophene rings is 1. The van der Waals surface area contributed by atoms with Crippen LogP contribution in [0.25, 0.3) is 16.3 Å². The summed E-state index contributed by atoms with van der Waals surface area (Å²) in [6, 6.07) is 7.49. The molecule has 3 aromatic rings. The van der Waals surface area contributed by atoms with E-state index in [2.05, 4.69) is 26.0 Å². The molecule has 5 nitrogen and oxygen atoms in total. The third kappa shape index (κ3) is 1.85. The van der Waals surface area contributed by atoms with Crippen molar-refractivity contribution in [2.24, 2.45) is 0 Å². The first-order valence-corrected chi connectivity index (χ1v) is 6.74. The first kappa shape index (κ1) is 11.5. The molecule has 0 aliphatic carbocycles. The van der Waals surface area contributed by atoms with Crippen molar-refractivity contribution >= 4 is 38.7 Å². The summed E-state index contributed by atoms with van der Waals surface area (Å²) in [6.45, 7) is 0. The molecule has 92 valence electrons. The summed E-state index contributed by atoms with van der Waals surface area (Å²) in [5.41, 5.74) is 6.60. The van der Waals surface area contributed by atoms with E-state index in [1.807, 2.05) is 18.2 Å². The van der Waals surface area contributed by atoms with Crippen molar-refractivity contribution in [1.82, 2.24) is 14.6 Å². The van der Waals surface area contributed by atoms with E-state index in [9.17, 15) is 0 Å². The number of methoxy groups -OCH3 is 1.